The third-order valence-corrected chi connectivity index (χ3v) is 2.06. The predicted octanol–water partition coefficient (Wildman–Crippen LogP) is 1.81. The molecule has 1 N–H and O–H groups in total. The summed E-state index contributed by atoms with van der Waals surface area (Å²) in [6, 6.07) is 3.67. The minimum atomic E-state index is -2.15. The summed E-state index contributed by atoms with van der Waals surface area (Å²) in [4.78, 5) is 0.0287. The third-order valence-electron chi connectivity index (χ3n) is 1.40. The van der Waals surface area contributed by atoms with Crippen LogP contribution < -0.4 is 4.74 Å². The van der Waals surface area contributed by atoms with Crippen LogP contribution in [0.15, 0.2) is 23.1 Å². The molecule has 0 saturated carbocycles. The van der Waals surface area contributed by atoms with E-state index in [1.54, 1.807) is 6.92 Å². The Kier molecular flexibility index (Phi) is 3.39. The number of ether oxygens (including phenoxy) is 1. The summed E-state index contributed by atoms with van der Waals surface area (Å²) < 4.78 is 37.1. The molecule has 72 valence electrons. The molecule has 0 aromatic heterocycles. The molecule has 0 spiro atoms. The van der Waals surface area contributed by atoms with E-state index in [-0.39, 0.29) is 10.6 Å². The van der Waals surface area contributed by atoms with Crippen LogP contribution >= 0.6 is 0 Å². The van der Waals surface area contributed by atoms with Crippen LogP contribution in [0.5, 0.6) is 5.75 Å². The van der Waals surface area contributed by atoms with Gasteiger partial charge in [-0.05, 0) is 25.1 Å². The van der Waals surface area contributed by atoms with Crippen molar-refractivity contribution in [2.24, 2.45) is 0 Å². The van der Waals surface area contributed by atoms with Gasteiger partial charge in [-0.2, -0.15) is 0 Å². The zero-order chi connectivity index (χ0) is 9.84. The monoisotopic (exact) mass is 204 g/mol. The second-order valence-electron chi connectivity index (χ2n) is 2.27. The first kappa shape index (κ1) is 10.1. The van der Waals surface area contributed by atoms with Gasteiger partial charge in [0.25, 0.3) is 0 Å². The fourth-order valence-corrected chi connectivity index (χ4v) is 1.25. The number of rotatable bonds is 3. The number of halogens is 1. The minimum absolute atomic E-state index is 0.0287. The van der Waals surface area contributed by atoms with Gasteiger partial charge in [0.15, 0.2) is 22.6 Å². The molecule has 0 aliphatic carbocycles. The van der Waals surface area contributed by atoms with Crippen LogP contribution in [-0.2, 0) is 11.1 Å². The highest BCUT2D eigenvalue weighted by Gasteiger charge is 2.06. The van der Waals surface area contributed by atoms with Crippen LogP contribution in [0.4, 0.5) is 4.39 Å². The van der Waals surface area contributed by atoms with E-state index in [0.717, 1.165) is 6.07 Å². The molecule has 0 bridgehead atoms. The molecular weight excluding hydrogens is 195 g/mol. The lowest BCUT2D eigenvalue weighted by Gasteiger charge is -2.04. The Hall–Kier alpha value is -0.940. The maximum Gasteiger partial charge on any atom is 0.186 e. The second kappa shape index (κ2) is 4.34. The molecule has 3 nitrogen and oxygen atoms in total. The Labute approximate surface area is 77.8 Å². The van der Waals surface area contributed by atoms with Crippen LogP contribution in [0.1, 0.15) is 6.92 Å². The van der Waals surface area contributed by atoms with Crippen LogP contribution in [-0.4, -0.2) is 15.4 Å². The Morgan fingerprint density at radius 3 is 2.77 bits per heavy atom. The number of benzene rings is 1. The van der Waals surface area contributed by atoms with E-state index in [4.69, 9.17) is 9.29 Å². The van der Waals surface area contributed by atoms with Crippen molar-refractivity contribution in [3.05, 3.63) is 24.0 Å². The normalized spacial score (nSPS) is 12.5. The zero-order valence-corrected chi connectivity index (χ0v) is 7.81. The molecular formula is C8H9FO3S. The predicted molar refractivity (Wildman–Crippen MR) is 46.6 cm³/mol. The van der Waals surface area contributed by atoms with Crippen molar-refractivity contribution < 1.29 is 17.9 Å². The number of hydrogen-bond donors (Lipinski definition) is 1. The largest absolute Gasteiger partial charge is 0.491 e. The fraction of sp³-hybridized carbons (Fsp3) is 0.250. The highest BCUT2D eigenvalue weighted by Crippen LogP contribution is 2.19. The average molecular weight is 204 g/mol. The van der Waals surface area contributed by atoms with Gasteiger partial charge < -0.3 is 9.29 Å². The topological polar surface area (TPSA) is 46.5 Å². The maximum absolute atomic E-state index is 13.0. The summed E-state index contributed by atoms with van der Waals surface area (Å²) in [5, 5.41) is 0. The van der Waals surface area contributed by atoms with Crippen molar-refractivity contribution >= 4 is 11.1 Å². The molecule has 13 heavy (non-hydrogen) atoms. The van der Waals surface area contributed by atoms with Gasteiger partial charge in [-0.1, -0.05) is 0 Å². The van der Waals surface area contributed by atoms with Gasteiger partial charge in [-0.3, -0.25) is 0 Å². The summed E-state index contributed by atoms with van der Waals surface area (Å²) in [7, 11) is 0. The first-order valence-corrected chi connectivity index (χ1v) is 4.79. The summed E-state index contributed by atoms with van der Waals surface area (Å²) >= 11 is -2.15. The maximum atomic E-state index is 13.0. The van der Waals surface area contributed by atoms with Gasteiger partial charge in [0, 0.05) is 0 Å². The van der Waals surface area contributed by atoms with E-state index < -0.39 is 16.9 Å². The van der Waals surface area contributed by atoms with Gasteiger partial charge >= 0.3 is 0 Å². The van der Waals surface area contributed by atoms with Gasteiger partial charge in [0.05, 0.1) is 11.5 Å². The van der Waals surface area contributed by atoms with E-state index in [9.17, 15) is 8.60 Å². The van der Waals surface area contributed by atoms with E-state index >= 15 is 0 Å². The van der Waals surface area contributed by atoms with Gasteiger partial charge in [-0.15, -0.1) is 0 Å². The lowest BCUT2D eigenvalue weighted by Crippen LogP contribution is -1.96. The zero-order valence-electron chi connectivity index (χ0n) is 6.99. The van der Waals surface area contributed by atoms with Crippen molar-refractivity contribution in [3.63, 3.8) is 0 Å². The Morgan fingerprint density at radius 1 is 1.62 bits per heavy atom. The van der Waals surface area contributed by atoms with E-state index in [0.29, 0.717) is 6.61 Å². The van der Waals surface area contributed by atoms with Crippen LogP contribution in [0, 0.1) is 5.82 Å². The molecule has 0 saturated heterocycles. The van der Waals surface area contributed by atoms with Crippen molar-refractivity contribution in [1.29, 1.82) is 0 Å². The molecule has 1 aromatic rings. The molecule has 1 aromatic carbocycles. The SMILES string of the molecule is CCOc1ccc(S(=O)O)cc1F. The summed E-state index contributed by atoms with van der Waals surface area (Å²) in [5.74, 6) is -0.529. The molecule has 0 amide bonds. The van der Waals surface area contributed by atoms with Crippen LogP contribution in [0.3, 0.4) is 0 Å². The first-order chi connectivity index (χ1) is 6.15. The standard InChI is InChI=1S/C8H9FO3S/c1-2-12-8-4-3-6(13(10)11)5-7(8)9/h3-5H,2H2,1H3,(H,10,11). The molecule has 0 aliphatic rings. The van der Waals surface area contributed by atoms with E-state index in [2.05, 4.69) is 0 Å². The highest BCUT2D eigenvalue weighted by atomic mass is 32.2. The van der Waals surface area contributed by atoms with Gasteiger partial charge in [-0.25, -0.2) is 8.60 Å². The lowest BCUT2D eigenvalue weighted by molar-refractivity contribution is 0.321. The number of hydrogen-bond acceptors (Lipinski definition) is 2. The van der Waals surface area contributed by atoms with E-state index in [1.807, 2.05) is 0 Å². The summed E-state index contributed by atoms with van der Waals surface area (Å²) in [6.07, 6.45) is 0. The second-order valence-corrected chi connectivity index (χ2v) is 3.24. The Balaban J connectivity index is 2.98. The molecule has 1 atom stereocenters. The summed E-state index contributed by atoms with van der Waals surface area (Å²) in [6.45, 7) is 2.09. The van der Waals surface area contributed by atoms with Crippen LogP contribution in [0.2, 0.25) is 0 Å². The van der Waals surface area contributed by atoms with Gasteiger partial charge in [0.2, 0.25) is 0 Å². The molecule has 1 rings (SSSR count). The quantitative estimate of drug-likeness (QED) is 0.764. The fourth-order valence-electron chi connectivity index (χ4n) is 0.863. The Morgan fingerprint density at radius 2 is 2.31 bits per heavy atom. The Bertz CT molecular complexity index is 327. The highest BCUT2D eigenvalue weighted by molar-refractivity contribution is 7.79. The first-order valence-electron chi connectivity index (χ1n) is 3.68. The molecule has 1 unspecified atom stereocenters. The molecule has 0 aliphatic heterocycles. The van der Waals surface area contributed by atoms with Crippen molar-refractivity contribution in [2.75, 3.05) is 6.61 Å². The third kappa shape index (κ3) is 2.50. The van der Waals surface area contributed by atoms with Crippen molar-refractivity contribution in [2.45, 2.75) is 11.8 Å². The van der Waals surface area contributed by atoms with E-state index in [1.165, 1.54) is 12.1 Å². The lowest BCUT2D eigenvalue weighted by atomic mass is 10.3. The molecule has 0 radical (unpaired) electrons. The smallest absolute Gasteiger partial charge is 0.186 e. The minimum Gasteiger partial charge on any atom is -0.491 e. The molecule has 0 fully saturated rings. The summed E-state index contributed by atoms with van der Waals surface area (Å²) in [5.41, 5.74) is 0. The van der Waals surface area contributed by atoms with Crippen molar-refractivity contribution in [3.8, 4) is 5.75 Å². The van der Waals surface area contributed by atoms with Crippen molar-refractivity contribution in [1.82, 2.24) is 0 Å². The molecule has 0 heterocycles. The van der Waals surface area contributed by atoms with Gasteiger partial charge in [0.1, 0.15) is 0 Å². The average Bonchev–Trinajstić information content (AvgIpc) is 2.08. The van der Waals surface area contributed by atoms with Crippen LogP contribution in [0.25, 0.3) is 0 Å². The molecule has 5 heteroatoms.